The van der Waals surface area contributed by atoms with E-state index in [4.69, 9.17) is 16.6 Å². The predicted octanol–water partition coefficient (Wildman–Crippen LogP) is -0.883. The normalized spacial score (nSPS) is 12.8. The van der Waals surface area contributed by atoms with Crippen LogP contribution >= 0.6 is 0 Å². The van der Waals surface area contributed by atoms with Crippen LogP contribution in [0.3, 0.4) is 0 Å². The van der Waals surface area contributed by atoms with Crippen molar-refractivity contribution in [2.75, 3.05) is 19.6 Å². The Morgan fingerprint density at radius 1 is 1.46 bits per heavy atom. The van der Waals surface area contributed by atoms with Gasteiger partial charge < -0.3 is 21.9 Å². The second-order valence-corrected chi connectivity index (χ2v) is 3.04. The third kappa shape index (κ3) is 9.26. The van der Waals surface area contributed by atoms with Gasteiger partial charge in [-0.1, -0.05) is 0 Å². The Kier molecular flexibility index (Phi) is 7.57. The van der Waals surface area contributed by atoms with E-state index < -0.39 is 5.97 Å². The quantitative estimate of drug-likeness (QED) is 0.371. The van der Waals surface area contributed by atoms with Gasteiger partial charge in [0.1, 0.15) is 0 Å². The molecule has 78 valence electrons. The molecule has 0 aliphatic rings. The third-order valence-electron chi connectivity index (χ3n) is 1.69. The molecule has 0 radical (unpaired) electrons. The van der Waals surface area contributed by atoms with E-state index in [0.29, 0.717) is 6.54 Å². The first kappa shape index (κ1) is 12.3. The number of carboxylic acid groups (broad SMARTS) is 1. The van der Waals surface area contributed by atoms with Crippen LogP contribution in [0.15, 0.2) is 0 Å². The van der Waals surface area contributed by atoms with Crippen LogP contribution in [-0.4, -0.2) is 36.8 Å². The Morgan fingerprint density at radius 3 is 2.69 bits per heavy atom. The van der Waals surface area contributed by atoms with Gasteiger partial charge >= 0.3 is 5.97 Å². The minimum atomic E-state index is -0.831. The molecule has 0 rings (SSSR count). The van der Waals surface area contributed by atoms with Gasteiger partial charge in [0.2, 0.25) is 0 Å². The van der Waals surface area contributed by atoms with Crippen LogP contribution in [-0.2, 0) is 4.79 Å². The number of rotatable bonds is 8. The van der Waals surface area contributed by atoms with Gasteiger partial charge in [0.05, 0.1) is 6.42 Å². The lowest BCUT2D eigenvalue weighted by Gasteiger charge is -2.08. The summed E-state index contributed by atoms with van der Waals surface area (Å²) in [5, 5.41) is 11.5. The Hall–Kier alpha value is -0.650. The molecule has 5 nitrogen and oxygen atoms in total. The van der Waals surface area contributed by atoms with E-state index in [9.17, 15) is 4.79 Å². The van der Waals surface area contributed by atoms with Crippen molar-refractivity contribution in [3.8, 4) is 0 Å². The molecule has 0 fully saturated rings. The van der Waals surface area contributed by atoms with E-state index in [2.05, 4.69) is 5.32 Å². The zero-order valence-electron chi connectivity index (χ0n) is 7.83. The third-order valence-corrected chi connectivity index (χ3v) is 1.69. The fourth-order valence-corrected chi connectivity index (χ4v) is 1.04. The Balaban J connectivity index is 3.17. The fraction of sp³-hybridized carbons (Fsp3) is 0.875. The molecule has 1 unspecified atom stereocenters. The molecule has 5 heteroatoms. The second kappa shape index (κ2) is 7.97. The SMILES string of the molecule is NCCNCCCC(N)CC(=O)O. The maximum Gasteiger partial charge on any atom is 0.304 e. The van der Waals surface area contributed by atoms with E-state index in [-0.39, 0.29) is 12.5 Å². The van der Waals surface area contributed by atoms with E-state index >= 15 is 0 Å². The minimum Gasteiger partial charge on any atom is -0.481 e. The van der Waals surface area contributed by atoms with E-state index in [0.717, 1.165) is 25.9 Å². The van der Waals surface area contributed by atoms with Gasteiger partial charge in [-0.05, 0) is 19.4 Å². The smallest absolute Gasteiger partial charge is 0.304 e. The monoisotopic (exact) mass is 189 g/mol. The van der Waals surface area contributed by atoms with Crippen molar-refractivity contribution in [2.24, 2.45) is 11.5 Å². The molecule has 0 aromatic carbocycles. The van der Waals surface area contributed by atoms with Crippen molar-refractivity contribution in [2.45, 2.75) is 25.3 Å². The summed E-state index contributed by atoms with van der Waals surface area (Å²) in [5.74, 6) is -0.831. The Bertz CT molecular complexity index is 141. The minimum absolute atomic E-state index is 0.0525. The van der Waals surface area contributed by atoms with Crippen LogP contribution in [0.25, 0.3) is 0 Å². The molecular weight excluding hydrogens is 170 g/mol. The average Bonchev–Trinajstić information content (AvgIpc) is 2.02. The second-order valence-electron chi connectivity index (χ2n) is 3.04. The van der Waals surface area contributed by atoms with Crippen LogP contribution in [0.5, 0.6) is 0 Å². The number of nitrogens with two attached hydrogens (primary N) is 2. The lowest BCUT2D eigenvalue weighted by molar-refractivity contribution is -0.137. The molecule has 0 aliphatic carbocycles. The maximum absolute atomic E-state index is 10.2. The highest BCUT2D eigenvalue weighted by atomic mass is 16.4. The first-order valence-electron chi connectivity index (χ1n) is 4.55. The summed E-state index contributed by atoms with van der Waals surface area (Å²) in [6, 6.07) is -0.225. The molecule has 0 spiro atoms. The number of aliphatic carboxylic acids is 1. The molecule has 6 N–H and O–H groups in total. The Labute approximate surface area is 78.5 Å². The van der Waals surface area contributed by atoms with Crippen molar-refractivity contribution < 1.29 is 9.90 Å². The highest BCUT2D eigenvalue weighted by Gasteiger charge is 2.06. The van der Waals surface area contributed by atoms with Crippen molar-refractivity contribution in [3.63, 3.8) is 0 Å². The molecule has 0 heterocycles. The van der Waals surface area contributed by atoms with E-state index in [1.54, 1.807) is 0 Å². The summed E-state index contributed by atoms with van der Waals surface area (Å²) < 4.78 is 0. The lowest BCUT2D eigenvalue weighted by Crippen LogP contribution is -2.27. The Morgan fingerprint density at radius 2 is 2.15 bits per heavy atom. The van der Waals surface area contributed by atoms with Crippen molar-refractivity contribution in [1.82, 2.24) is 5.32 Å². The van der Waals surface area contributed by atoms with Crippen LogP contribution in [0.2, 0.25) is 0 Å². The molecule has 0 aromatic heterocycles. The molecule has 0 aromatic rings. The first-order chi connectivity index (χ1) is 6.16. The van der Waals surface area contributed by atoms with Gasteiger partial charge in [-0.25, -0.2) is 0 Å². The van der Waals surface area contributed by atoms with Gasteiger partial charge in [0.15, 0.2) is 0 Å². The molecule has 0 saturated carbocycles. The first-order valence-corrected chi connectivity index (χ1v) is 4.55. The number of nitrogens with one attached hydrogen (secondary N) is 1. The van der Waals surface area contributed by atoms with Crippen LogP contribution in [0.1, 0.15) is 19.3 Å². The summed E-state index contributed by atoms with van der Waals surface area (Å²) in [5.41, 5.74) is 10.8. The average molecular weight is 189 g/mol. The van der Waals surface area contributed by atoms with Gasteiger partial charge in [-0.3, -0.25) is 4.79 Å². The highest BCUT2D eigenvalue weighted by Crippen LogP contribution is 1.97. The van der Waals surface area contributed by atoms with Gasteiger partial charge in [-0.15, -0.1) is 0 Å². The predicted molar refractivity (Wildman–Crippen MR) is 51.4 cm³/mol. The zero-order valence-corrected chi connectivity index (χ0v) is 7.83. The molecule has 0 saturated heterocycles. The number of hydrogen-bond donors (Lipinski definition) is 4. The maximum atomic E-state index is 10.2. The molecular formula is C8H19N3O2. The molecule has 0 amide bonds. The van der Waals surface area contributed by atoms with Crippen molar-refractivity contribution in [3.05, 3.63) is 0 Å². The van der Waals surface area contributed by atoms with Crippen LogP contribution < -0.4 is 16.8 Å². The summed E-state index contributed by atoms with van der Waals surface area (Å²) in [7, 11) is 0. The van der Waals surface area contributed by atoms with E-state index in [1.807, 2.05) is 0 Å². The van der Waals surface area contributed by atoms with Crippen molar-refractivity contribution in [1.29, 1.82) is 0 Å². The van der Waals surface area contributed by atoms with Crippen LogP contribution in [0.4, 0.5) is 0 Å². The van der Waals surface area contributed by atoms with Gasteiger partial charge in [0, 0.05) is 19.1 Å². The van der Waals surface area contributed by atoms with Crippen molar-refractivity contribution >= 4 is 5.97 Å². The molecule has 0 bridgehead atoms. The summed E-state index contributed by atoms with van der Waals surface area (Å²) in [6.07, 6.45) is 1.69. The number of hydrogen-bond acceptors (Lipinski definition) is 4. The summed E-state index contributed by atoms with van der Waals surface area (Å²) >= 11 is 0. The molecule has 0 aliphatic heterocycles. The largest absolute Gasteiger partial charge is 0.481 e. The summed E-state index contributed by atoms with van der Waals surface area (Å²) in [6.45, 7) is 2.28. The van der Waals surface area contributed by atoms with E-state index in [1.165, 1.54) is 0 Å². The van der Waals surface area contributed by atoms with Gasteiger partial charge in [0.25, 0.3) is 0 Å². The zero-order chi connectivity index (χ0) is 10.1. The molecule has 1 atom stereocenters. The molecule has 13 heavy (non-hydrogen) atoms. The summed E-state index contributed by atoms with van der Waals surface area (Å²) in [4.78, 5) is 10.2. The highest BCUT2D eigenvalue weighted by molar-refractivity contribution is 5.67. The fourth-order valence-electron chi connectivity index (χ4n) is 1.04. The van der Waals surface area contributed by atoms with Crippen LogP contribution in [0, 0.1) is 0 Å². The number of carboxylic acids is 1. The standard InChI is InChI=1S/C8H19N3O2/c9-3-5-11-4-1-2-7(10)6-8(12)13/h7,11H,1-6,9-10H2,(H,12,13). The van der Waals surface area contributed by atoms with Gasteiger partial charge in [-0.2, -0.15) is 0 Å². The number of carbonyl (C=O) groups is 1. The topological polar surface area (TPSA) is 101 Å². The lowest BCUT2D eigenvalue weighted by atomic mass is 10.1.